The highest BCUT2D eigenvalue weighted by Crippen LogP contribution is 2.15. The molecule has 5 heteroatoms. The van der Waals surface area contributed by atoms with Gasteiger partial charge in [-0.25, -0.2) is 0 Å². The molecule has 0 amide bonds. The van der Waals surface area contributed by atoms with Gasteiger partial charge in [-0.1, -0.05) is 0 Å². The molecule has 0 fully saturated rings. The van der Waals surface area contributed by atoms with Crippen LogP contribution in [0.15, 0.2) is 39.7 Å². The third kappa shape index (κ3) is 2.50. The van der Waals surface area contributed by atoms with Gasteiger partial charge >= 0.3 is 0 Å². The van der Waals surface area contributed by atoms with Crippen LogP contribution in [-0.2, 0) is 6.42 Å². The van der Waals surface area contributed by atoms with Crippen molar-refractivity contribution in [3.05, 3.63) is 46.6 Å². The van der Waals surface area contributed by atoms with Crippen LogP contribution < -0.4 is 0 Å². The van der Waals surface area contributed by atoms with Gasteiger partial charge in [0, 0.05) is 5.56 Å². The maximum absolute atomic E-state index is 11.7. The van der Waals surface area contributed by atoms with E-state index in [2.05, 4.69) is 26.1 Å². The number of Topliss-reactive ketones (excluding diaryl/α,β-unsaturated/α-hetero) is 1. The number of nitrogens with zero attached hydrogens (tertiary/aromatic N) is 2. The molecule has 0 aliphatic rings. The molecule has 0 unspecified atom stereocenters. The molecule has 4 nitrogen and oxygen atoms in total. The Kier molecular flexibility index (Phi) is 2.91. The van der Waals surface area contributed by atoms with E-state index in [1.807, 2.05) is 0 Å². The molecule has 15 heavy (non-hydrogen) atoms. The zero-order valence-electron chi connectivity index (χ0n) is 7.68. The molecule has 0 aliphatic heterocycles. The summed E-state index contributed by atoms with van der Waals surface area (Å²) >= 11 is 3.18. The summed E-state index contributed by atoms with van der Waals surface area (Å²) in [7, 11) is 0. The fraction of sp³-hybridized carbons (Fsp3) is 0.100. The van der Waals surface area contributed by atoms with Crippen LogP contribution in [0.4, 0.5) is 0 Å². The normalized spacial score (nSPS) is 10.2. The summed E-state index contributed by atoms with van der Waals surface area (Å²) in [5.41, 5.74) is 0.539. The summed E-state index contributed by atoms with van der Waals surface area (Å²) in [6.07, 6.45) is 3.17. The van der Waals surface area contributed by atoms with Crippen LogP contribution in [0.25, 0.3) is 0 Å². The lowest BCUT2D eigenvalue weighted by Crippen LogP contribution is -2.03. The smallest absolute Gasteiger partial charge is 0.172 e. The van der Waals surface area contributed by atoms with Crippen LogP contribution in [0.5, 0.6) is 0 Å². The Hall–Kier alpha value is -1.49. The second-order valence-corrected chi connectivity index (χ2v) is 3.72. The first-order chi connectivity index (χ1) is 7.25. The molecule has 0 atom stereocenters. The van der Waals surface area contributed by atoms with Gasteiger partial charge < -0.3 is 4.42 Å². The first kappa shape index (κ1) is 10.0. The summed E-state index contributed by atoms with van der Waals surface area (Å²) in [6.45, 7) is 0. The number of carbonyl (C=O) groups is 1. The topological polar surface area (TPSA) is 56.0 Å². The molecule has 2 rings (SSSR count). The average molecular weight is 267 g/mol. The summed E-state index contributed by atoms with van der Waals surface area (Å²) in [5.74, 6) is 0.593. The van der Waals surface area contributed by atoms with E-state index in [-0.39, 0.29) is 12.2 Å². The molecule has 2 aromatic rings. The monoisotopic (exact) mass is 266 g/mol. The molecule has 76 valence electrons. The number of rotatable bonds is 3. The highest BCUT2D eigenvalue weighted by Gasteiger charge is 2.09. The van der Waals surface area contributed by atoms with Crippen LogP contribution in [0.3, 0.4) is 0 Å². The summed E-state index contributed by atoms with van der Waals surface area (Å²) in [4.78, 5) is 11.7. The van der Waals surface area contributed by atoms with Crippen molar-refractivity contribution in [2.24, 2.45) is 0 Å². The average Bonchev–Trinajstić information content (AvgIpc) is 2.65. The Labute approximate surface area is 94.4 Å². The van der Waals surface area contributed by atoms with Crippen LogP contribution >= 0.6 is 15.9 Å². The minimum Gasteiger partial charge on any atom is -0.454 e. The molecule has 0 saturated carbocycles. The Balaban J connectivity index is 2.11. The maximum Gasteiger partial charge on any atom is 0.172 e. The number of hydrogen-bond acceptors (Lipinski definition) is 4. The van der Waals surface area contributed by atoms with Crippen LogP contribution in [0.1, 0.15) is 16.1 Å². The van der Waals surface area contributed by atoms with Crippen molar-refractivity contribution < 1.29 is 9.21 Å². The molecule has 2 aromatic heterocycles. The molecule has 2 heterocycles. The fourth-order valence-electron chi connectivity index (χ4n) is 1.16. The molecule has 0 saturated heterocycles. The van der Waals surface area contributed by atoms with E-state index in [1.54, 1.807) is 18.2 Å². The molecule has 0 radical (unpaired) electrons. The van der Waals surface area contributed by atoms with E-state index in [4.69, 9.17) is 4.42 Å². The highest BCUT2D eigenvalue weighted by molar-refractivity contribution is 9.10. The van der Waals surface area contributed by atoms with Gasteiger partial charge in [0.05, 0.1) is 18.8 Å². The van der Waals surface area contributed by atoms with Crippen LogP contribution in [0, 0.1) is 0 Å². The van der Waals surface area contributed by atoms with Gasteiger partial charge in [-0.2, -0.15) is 10.2 Å². The first-order valence-electron chi connectivity index (χ1n) is 4.30. The molecular formula is C10H7BrN2O2. The van der Waals surface area contributed by atoms with Crippen molar-refractivity contribution in [2.45, 2.75) is 6.42 Å². The molecule has 0 aliphatic carbocycles. The zero-order valence-corrected chi connectivity index (χ0v) is 9.27. The van der Waals surface area contributed by atoms with Crippen molar-refractivity contribution in [1.29, 1.82) is 0 Å². The number of aromatic nitrogens is 2. The second kappa shape index (κ2) is 4.35. The SMILES string of the molecule is O=C(Cc1ccc(Br)o1)c1ccnnc1. The lowest BCUT2D eigenvalue weighted by molar-refractivity contribution is 0.0986. The lowest BCUT2D eigenvalue weighted by atomic mass is 10.1. The minimum absolute atomic E-state index is 0.0354. The van der Waals surface area contributed by atoms with Crippen LogP contribution in [-0.4, -0.2) is 16.0 Å². The second-order valence-electron chi connectivity index (χ2n) is 2.94. The molecule has 0 spiro atoms. The van der Waals surface area contributed by atoms with Gasteiger partial charge in [0.1, 0.15) is 5.76 Å². The van der Waals surface area contributed by atoms with Crippen molar-refractivity contribution in [3.63, 3.8) is 0 Å². The van der Waals surface area contributed by atoms with Gasteiger partial charge in [-0.15, -0.1) is 0 Å². The first-order valence-corrected chi connectivity index (χ1v) is 5.09. The van der Waals surface area contributed by atoms with Crippen molar-refractivity contribution in [1.82, 2.24) is 10.2 Å². The van der Waals surface area contributed by atoms with E-state index in [0.29, 0.717) is 16.0 Å². The van der Waals surface area contributed by atoms with Crippen molar-refractivity contribution in [2.75, 3.05) is 0 Å². The number of halogens is 1. The number of carbonyl (C=O) groups excluding carboxylic acids is 1. The van der Waals surface area contributed by atoms with Crippen LogP contribution in [0.2, 0.25) is 0 Å². The summed E-state index contributed by atoms with van der Waals surface area (Å²) < 4.78 is 5.86. The Morgan fingerprint density at radius 1 is 1.33 bits per heavy atom. The van der Waals surface area contributed by atoms with E-state index < -0.39 is 0 Å². The number of hydrogen-bond donors (Lipinski definition) is 0. The third-order valence-electron chi connectivity index (χ3n) is 1.87. The standard InChI is InChI=1S/C10H7BrN2O2/c11-10-2-1-8(15-10)5-9(14)7-3-4-12-13-6-7/h1-4,6H,5H2. The van der Waals surface area contributed by atoms with Gasteiger partial charge in [-0.05, 0) is 34.1 Å². The van der Waals surface area contributed by atoms with E-state index in [0.717, 1.165) is 0 Å². The molecular weight excluding hydrogens is 260 g/mol. The molecule has 0 N–H and O–H groups in total. The minimum atomic E-state index is -0.0354. The maximum atomic E-state index is 11.7. The van der Waals surface area contributed by atoms with Gasteiger partial charge in [0.15, 0.2) is 10.5 Å². The van der Waals surface area contributed by atoms with E-state index in [9.17, 15) is 4.79 Å². The Morgan fingerprint density at radius 2 is 2.20 bits per heavy atom. The fourth-order valence-corrected chi connectivity index (χ4v) is 1.50. The number of furan rings is 1. The zero-order chi connectivity index (χ0) is 10.7. The third-order valence-corrected chi connectivity index (χ3v) is 2.30. The summed E-state index contributed by atoms with van der Waals surface area (Å²) in [6, 6.07) is 5.15. The molecule has 0 aromatic carbocycles. The summed E-state index contributed by atoms with van der Waals surface area (Å²) in [5, 5.41) is 7.25. The van der Waals surface area contributed by atoms with E-state index >= 15 is 0 Å². The number of ketones is 1. The lowest BCUT2D eigenvalue weighted by Gasteiger charge is -1.96. The molecule has 0 bridgehead atoms. The Morgan fingerprint density at radius 3 is 2.80 bits per heavy atom. The van der Waals surface area contributed by atoms with E-state index in [1.165, 1.54) is 12.4 Å². The largest absolute Gasteiger partial charge is 0.454 e. The quantitative estimate of drug-likeness (QED) is 0.800. The predicted molar refractivity (Wildman–Crippen MR) is 56.5 cm³/mol. The highest BCUT2D eigenvalue weighted by atomic mass is 79.9. The predicted octanol–water partition coefficient (Wildman–Crippen LogP) is 2.26. The van der Waals surface area contributed by atoms with Crippen molar-refractivity contribution >= 4 is 21.7 Å². The van der Waals surface area contributed by atoms with Gasteiger partial charge in [0.25, 0.3) is 0 Å². The van der Waals surface area contributed by atoms with Gasteiger partial charge in [0.2, 0.25) is 0 Å². The van der Waals surface area contributed by atoms with Gasteiger partial charge in [-0.3, -0.25) is 4.79 Å². The Bertz CT molecular complexity index is 467. The van der Waals surface area contributed by atoms with Crippen molar-refractivity contribution in [3.8, 4) is 0 Å².